The minimum atomic E-state index is 0.0511. The van der Waals surface area contributed by atoms with E-state index in [1.165, 1.54) is 21.6 Å². The maximum Gasteiger partial charge on any atom is 0.257 e. The molecule has 1 aliphatic rings. The molecule has 0 bridgehead atoms. The Morgan fingerprint density at radius 1 is 1.00 bits per heavy atom. The van der Waals surface area contributed by atoms with Crippen LogP contribution in [-0.4, -0.2) is 41.4 Å². The lowest BCUT2D eigenvalue weighted by atomic mass is 10.2. The topological polar surface area (TPSA) is 49.6 Å². The molecule has 2 aromatic heterocycles. The molecule has 4 aromatic rings. The van der Waals surface area contributed by atoms with E-state index < -0.39 is 0 Å². The van der Waals surface area contributed by atoms with Crippen molar-refractivity contribution in [3.63, 3.8) is 0 Å². The number of hydrogen-bond donors (Lipinski definition) is 0. The lowest BCUT2D eigenvalue weighted by Gasteiger charge is -2.35. The number of aromatic nitrogens is 1. The second-order valence-corrected chi connectivity index (χ2v) is 8.99. The Hall–Kier alpha value is -2.77. The molecule has 0 unspecified atom stereocenters. The molecule has 3 heterocycles. The predicted molar refractivity (Wildman–Crippen MR) is 122 cm³/mol. The molecule has 7 heteroatoms. The number of rotatable bonds is 5. The standard InChI is InChI=1S/C23H21N3O2S2/c27-23(18-10-15-28-20(18)16-29-17-6-2-1-3-7-17)26-13-11-25(12-14-26)22-19-8-4-5-9-21(19)30-24-22/h1-10,15H,11-14,16H2. The van der Waals surface area contributed by atoms with Gasteiger partial charge in [0.25, 0.3) is 5.91 Å². The van der Waals surface area contributed by atoms with Gasteiger partial charge in [-0.1, -0.05) is 30.3 Å². The van der Waals surface area contributed by atoms with Gasteiger partial charge >= 0.3 is 0 Å². The molecule has 1 fully saturated rings. The van der Waals surface area contributed by atoms with Crippen LogP contribution in [0.2, 0.25) is 0 Å². The first-order valence-corrected chi connectivity index (χ1v) is 11.7. The van der Waals surface area contributed by atoms with Crippen molar-refractivity contribution in [3.05, 3.63) is 78.3 Å². The first kappa shape index (κ1) is 19.2. The van der Waals surface area contributed by atoms with Gasteiger partial charge < -0.3 is 14.2 Å². The molecule has 0 N–H and O–H groups in total. The van der Waals surface area contributed by atoms with Crippen molar-refractivity contribution >= 4 is 45.1 Å². The van der Waals surface area contributed by atoms with E-state index in [1.807, 2.05) is 35.2 Å². The van der Waals surface area contributed by atoms with Gasteiger partial charge in [-0.2, -0.15) is 4.37 Å². The van der Waals surface area contributed by atoms with E-state index in [9.17, 15) is 4.79 Å². The van der Waals surface area contributed by atoms with Crippen LogP contribution in [0.5, 0.6) is 0 Å². The lowest BCUT2D eigenvalue weighted by Crippen LogP contribution is -2.49. The van der Waals surface area contributed by atoms with Crippen molar-refractivity contribution in [2.45, 2.75) is 10.6 Å². The molecule has 0 aliphatic carbocycles. The molecule has 0 spiro atoms. The summed E-state index contributed by atoms with van der Waals surface area (Å²) in [6.07, 6.45) is 1.62. The van der Waals surface area contributed by atoms with Crippen molar-refractivity contribution in [1.82, 2.24) is 9.27 Å². The van der Waals surface area contributed by atoms with Crippen LogP contribution < -0.4 is 4.90 Å². The average molecular weight is 436 g/mol. The summed E-state index contributed by atoms with van der Waals surface area (Å²) in [4.78, 5) is 18.5. The number of amides is 1. The summed E-state index contributed by atoms with van der Waals surface area (Å²) in [5.41, 5.74) is 0.672. The number of hydrogen-bond acceptors (Lipinski definition) is 6. The Morgan fingerprint density at radius 2 is 1.77 bits per heavy atom. The summed E-state index contributed by atoms with van der Waals surface area (Å²) in [6, 6.07) is 20.3. The van der Waals surface area contributed by atoms with Gasteiger partial charge in [0.1, 0.15) is 11.6 Å². The second-order valence-electron chi connectivity index (χ2n) is 7.14. The van der Waals surface area contributed by atoms with Gasteiger partial charge in [0, 0.05) is 36.5 Å². The smallest absolute Gasteiger partial charge is 0.257 e. The summed E-state index contributed by atoms with van der Waals surface area (Å²) in [7, 11) is 0. The van der Waals surface area contributed by atoms with Gasteiger partial charge in [-0.25, -0.2) is 0 Å². The molecule has 1 amide bonds. The van der Waals surface area contributed by atoms with Gasteiger partial charge in [0.15, 0.2) is 0 Å². The third-order valence-corrected chi connectivity index (χ3v) is 7.14. The Kier molecular flexibility index (Phi) is 5.46. The number of furan rings is 1. The molecule has 5 rings (SSSR count). The molecule has 0 radical (unpaired) electrons. The van der Waals surface area contributed by atoms with E-state index >= 15 is 0 Å². The van der Waals surface area contributed by atoms with Crippen molar-refractivity contribution in [1.29, 1.82) is 0 Å². The number of carbonyl (C=O) groups is 1. The normalized spacial score (nSPS) is 14.4. The highest BCUT2D eigenvalue weighted by Gasteiger charge is 2.26. The van der Waals surface area contributed by atoms with Gasteiger partial charge in [0.2, 0.25) is 0 Å². The molecule has 1 saturated heterocycles. The monoisotopic (exact) mass is 435 g/mol. The van der Waals surface area contributed by atoms with Crippen LogP contribution in [0, 0.1) is 0 Å². The van der Waals surface area contributed by atoms with Crippen molar-refractivity contribution < 1.29 is 9.21 Å². The minimum absolute atomic E-state index is 0.0511. The minimum Gasteiger partial charge on any atom is -0.468 e. The fourth-order valence-electron chi connectivity index (χ4n) is 3.70. The SMILES string of the molecule is O=C(c1ccoc1CSc1ccccc1)N1CCN(c2nsc3ccccc23)CC1. The fraction of sp³-hybridized carbons (Fsp3) is 0.217. The summed E-state index contributed by atoms with van der Waals surface area (Å²) < 4.78 is 11.5. The van der Waals surface area contributed by atoms with Gasteiger partial charge in [-0.05, 0) is 41.9 Å². The Balaban J connectivity index is 1.24. The van der Waals surface area contributed by atoms with E-state index in [2.05, 4.69) is 33.5 Å². The second kappa shape index (κ2) is 8.53. The zero-order chi connectivity index (χ0) is 20.3. The largest absolute Gasteiger partial charge is 0.468 e. The van der Waals surface area contributed by atoms with E-state index in [-0.39, 0.29) is 5.91 Å². The Bertz CT molecular complexity index is 1150. The molecular formula is C23H21N3O2S2. The Labute approximate surface area is 183 Å². The molecule has 152 valence electrons. The highest BCUT2D eigenvalue weighted by molar-refractivity contribution is 7.98. The summed E-state index contributed by atoms with van der Waals surface area (Å²) >= 11 is 3.21. The zero-order valence-corrected chi connectivity index (χ0v) is 18.0. The number of nitrogens with zero attached hydrogens (tertiary/aromatic N) is 3. The molecule has 2 aromatic carbocycles. The fourth-order valence-corrected chi connectivity index (χ4v) is 5.37. The number of piperazine rings is 1. The summed E-state index contributed by atoms with van der Waals surface area (Å²) in [5.74, 6) is 2.46. The predicted octanol–water partition coefficient (Wildman–Crippen LogP) is 5.14. The molecule has 0 atom stereocenters. The first-order chi connectivity index (χ1) is 14.8. The molecule has 1 aliphatic heterocycles. The molecule has 5 nitrogen and oxygen atoms in total. The number of anilines is 1. The average Bonchev–Trinajstić information content (AvgIpc) is 3.45. The van der Waals surface area contributed by atoms with E-state index in [4.69, 9.17) is 4.42 Å². The zero-order valence-electron chi connectivity index (χ0n) is 16.4. The number of fused-ring (bicyclic) bond motifs is 1. The van der Waals surface area contributed by atoms with Crippen LogP contribution >= 0.6 is 23.3 Å². The van der Waals surface area contributed by atoms with Crippen LogP contribution in [0.15, 0.2) is 76.2 Å². The van der Waals surface area contributed by atoms with Crippen LogP contribution in [0.1, 0.15) is 16.1 Å². The quantitative estimate of drug-likeness (QED) is 0.406. The van der Waals surface area contributed by atoms with Crippen LogP contribution in [-0.2, 0) is 5.75 Å². The molecular weight excluding hydrogens is 414 g/mol. The van der Waals surface area contributed by atoms with Crippen molar-refractivity contribution in [2.75, 3.05) is 31.1 Å². The highest BCUT2D eigenvalue weighted by Crippen LogP contribution is 2.30. The van der Waals surface area contributed by atoms with Gasteiger partial charge in [-0.3, -0.25) is 4.79 Å². The first-order valence-electron chi connectivity index (χ1n) is 9.92. The third-order valence-electron chi connectivity index (χ3n) is 5.31. The lowest BCUT2D eigenvalue weighted by molar-refractivity contribution is 0.0745. The van der Waals surface area contributed by atoms with Crippen LogP contribution in [0.4, 0.5) is 5.82 Å². The maximum atomic E-state index is 13.1. The van der Waals surface area contributed by atoms with Gasteiger partial charge in [0.05, 0.1) is 22.3 Å². The molecule has 30 heavy (non-hydrogen) atoms. The summed E-state index contributed by atoms with van der Waals surface area (Å²) in [6.45, 7) is 2.93. The third kappa shape index (κ3) is 3.82. The van der Waals surface area contributed by atoms with E-state index in [0.717, 1.165) is 29.6 Å². The van der Waals surface area contributed by atoms with E-state index in [1.54, 1.807) is 24.1 Å². The van der Waals surface area contributed by atoms with E-state index in [0.29, 0.717) is 24.4 Å². The van der Waals surface area contributed by atoms with Crippen LogP contribution in [0.25, 0.3) is 10.1 Å². The van der Waals surface area contributed by atoms with Crippen LogP contribution in [0.3, 0.4) is 0 Å². The maximum absolute atomic E-state index is 13.1. The number of thioether (sulfide) groups is 1. The van der Waals surface area contributed by atoms with Gasteiger partial charge in [-0.15, -0.1) is 11.8 Å². The summed E-state index contributed by atoms with van der Waals surface area (Å²) in [5, 5.41) is 1.19. The number of carbonyl (C=O) groups excluding carboxylic acids is 1. The number of benzene rings is 2. The molecule has 0 saturated carbocycles. The van der Waals surface area contributed by atoms with Crippen molar-refractivity contribution in [2.24, 2.45) is 0 Å². The highest BCUT2D eigenvalue weighted by atomic mass is 32.2. The van der Waals surface area contributed by atoms with Crippen molar-refractivity contribution in [3.8, 4) is 0 Å². The Morgan fingerprint density at radius 3 is 2.60 bits per heavy atom.